The van der Waals surface area contributed by atoms with Crippen LogP contribution in [0, 0.1) is 0 Å². The van der Waals surface area contributed by atoms with E-state index in [0.717, 1.165) is 11.1 Å². The number of carbonyl (C=O) groups excluding carboxylic acids is 2. The van der Waals surface area contributed by atoms with E-state index in [1.165, 1.54) is 13.2 Å². The van der Waals surface area contributed by atoms with Crippen LogP contribution in [0.25, 0.3) is 0 Å². The molecule has 4 aliphatic heterocycles. The molecule has 2 aromatic carbocycles. The Morgan fingerprint density at radius 1 is 0.825 bits per heavy atom. The zero-order valence-electron chi connectivity index (χ0n) is 22.3. The first-order valence-electron chi connectivity index (χ1n) is 13.2. The largest absolute Gasteiger partial charge is 0.504 e. The zero-order valence-corrected chi connectivity index (χ0v) is 22.3. The van der Waals surface area contributed by atoms with Crippen molar-refractivity contribution in [1.82, 2.24) is 9.80 Å². The van der Waals surface area contributed by atoms with E-state index in [-0.39, 0.29) is 42.0 Å². The first-order chi connectivity index (χ1) is 19.3. The van der Waals surface area contributed by atoms with Crippen LogP contribution in [-0.2, 0) is 0 Å². The molecule has 10 nitrogen and oxygen atoms in total. The van der Waals surface area contributed by atoms with Gasteiger partial charge < -0.3 is 29.1 Å². The van der Waals surface area contributed by atoms with Gasteiger partial charge in [-0.1, -0.05) is 24.3 Å². The quantitative estimate of drug-likeness (QED) is 0.414. The maximum atomic E-state index is 13.1. The molecule has 0 saturated carbocycles. The number of rotatable bonds is 7. The summed E-state index contributed by atoms with van der Waals surface area (Å²) in [4.78, 5) is 38.7. The molecule has 0 bridgehead atoms. The summed E-state index contributed by atoms with van der Waals surface area (Å²) in [5.74, 6) is 0.744. The van der Waals surface area contributed by atoms with Crippen molar-refractivity contribution in [1.29, 1.82) is 0 Å². The van der Waals surface area contributed by atoms with Gasteiger partial charge in [-0.15, -0.1) is 0 Å². The highest BCUT2D eigenvalue weighted by atomic mass is 16.5. The Labute approximate surface area is 231 Å². The van der Waals surface area contributed by atoms with Crippen molar-refractivity contribution in [3.05, 3.63) is 59.7 Å². The summed E-state index contributed by atoms with van der Waals surface area (Å²) < 4.78 is 17.3. The van der Waals surface area contributed by atoms with Crippen LogP contribution in [0.1, 0.15) is 40.0 Å². The van der Waals surface area contributed by atoms with Crippen molar-refractivity contribution in [3.8, 4) is 23.0 Å². The second-order valence-electron chi connectivity index (χ2n) is 10.4. The first kappa shape index (κ1) is 25.7. The zero-order chi connectivity index (χ0) is 28.0. The predicted molar refractivity (Wildman–Crippen MR) is 150 cm³/mol. The minimum absolute atomic E-state index is 0.0924. The monoisotopic (exact) mass is 542 g/mol. The fourth-order valence-electron chi connectivity index (χ4n) is 5.48. The number of hydrogen-bond acceptors (Lipinski definition) is 8. The molecule has 2 unspecified atom stereocenters. The van der Waals surface area contributed by atoms with Gasteiger partial charge in [-0.25, -0.2) is 0 Å². The maximum Gasteiger partial charge on any atom is 0.257 e. The highest BCUT2D eigenvalue weighted by Crippen LogP contribution is 2.40. The predicted octanol–water partition coefficient (Wildman–Crippen LogP) is 4.22. The number of phenols is 1. The van der Waals surface area contributed by atoms with E-state index in [9.17, 15) is 14.7 Å². The molecule has 2 atom stereocenters. The summed E-state index contributed by atoms with van der Waals surface area (Å²) in [5, 5.41) is 10.5. The second-order valence-corrected chi connectivity index (χ2v) is 10.4. The lowest BCUT2D eigenvalue weighted by Crippen LogP contribution is -2.35. The smallest absolute Gasteiger partial charge is 0.257 e. The molecular formula is C30H30N4O6. The van der Waals surface area contributed by atoms with Crippen LogP contribution in [0.3, 0.4) is 0 Å². The van der Waals surface area contributed by atoms with Gasteiger partial charge in [0, 0.05) is 44.1 Å². The van der Waals surface area contributed by atoms with E-state index in [1.807, 2.05) is 0 Å². The number of aromatic hydroxyl groups is 1. The third-order valence-electron chi connectivity index (χ3n) is 7.50. The third kappa shape index (κ3) is 4.59. The van der Waals surface area contributed by atoms with E-state index in [1.54, 1.807) is 40.4 Å². The molecule has 2 amide bonds. The number of phenolic OH excluding ortho intramolecular Hbond substituents is 1. The summed E-state index contributed by atoms with van der Waals surface area (Å²) in [6.45, 7) is 9.55. The van der Waals surface area contributed by atoms with Gasteiger partial charge in [0.2, 0.25) is 0 Å². The number of carbonyl (C=O) groups is 2. The van der Waals surface area contributed by atoms with Gasteiger partial charge in [0.15, 0.2) is 23.0 Å². The Bertz CT molecular complexity index is 1500. The molecule has 0 aromatic heterocycles. The molecule has 4 heterocycles. The van der Waals surface area contributed by atoms with Crippen LogP contribution < -0.4 is 14.2 Å². The summed E-state index contributed by atoms with van der Waals surface area (Å²) in [5.41, 5.74) is 3.79. The lowest BCUT2D eigenvalue weighted by atomic mass is 10.1. The summed E-state index contributed by atoms with van der Waals surface area (Å²) in [7, 11) is 1.53. The fourth-order valence-corrected chi connectivity index (χ4v) is 5.48. The van der Waals surface area contributed by atoms with Crippen molar-refractivity contribution in [3.63, 3.8) is 0 Å². The maximum absolute atomic E-state index is 13.1. The van der Waals surface area contributed by atoms with Gasteiger partial charge in [-0.3, -0.25) is 19.6 Å². The van der Waals surface area contributed by atoms with Crippen LogP contribution in [0.4, 0.5) is 11.4 Å². The van der Waals surface area contributed by atoms with Crippen molar-refractivity contribution < 1.29 is 28.9 Å². The molecule has 0 spiro atoms. The SMILES string of the molecule is C=C1CC2C=Nc3cc(OCCCOc4cc5c(cc4OC)C(=O)N4CC(=C)CC4C=N5)c(O)cc3C(=O)N2C1. The molecule has 0 aliphatic carbocycles. The average Bonchev–Trinajstić information content (AvgIpc) is 3.45. The van der Waals surface area contributed by atoms with Gasteiger partial charge in [0.25, 0.3) is 11.8 Å². The Balaban J connectivity index is 1.09. The van der Waals surface area contributed by atoms with Gasteiger partial charge in [-0.05, 0) is 25.0 Å². The Hall–Kier alpha value is -4.60. The van der Waals surface area contributed by atoms with Gasteiger partial charge in [-0.2, -0.15) is 0 Å². The van der Waals surface area contributed by atoms with Crippen molar-refractivity contribution in [2.75, 3.05) is 33.4 Å². The summed E-state index contributed by atoms with van der Waals surface area (Å²) in [6, 6.07) is 6.16. The number of amides is 2. The van der Waals surface area contributed by atoms with E-state index < -0.39 is 0 Å². The average molecular weight is 543 g/mol. The number of fused-ring (bicyclic) bond motifs is 4. The fraction of sp³-hybridized carbons (Fsp3) is 0.333. The molecule has 206 valence electrons. The molecule has 1 N–H and O–H groups in total. The Morgan fingerprint density at radius 3 is 1.93 bits per heavy atom. The molecule has 40 heavy (non-hydrogen) atoms. The number of methoxy groups -OCH3 is 1. The number of benzene rings is 2. The molecular weight excluding hydrogens is 512 g/mol. The lowest BCUT2D eigenvalue weighted by molar-refractivity contribution is 0.0770. The van der Waals surface area contributed by atoms with Crippen LogP contribution >= 0.6 is 0 Å². The van der Waals surface area contributed by atoms with E-state index >= 15 is 0 Å². The number of aliphatic imine (C=N–C) groups is 2. The van der Waals surface area contributed by atoms with Gasteiger partial charge >= 0.3 is 0 Å². The third-order valence-corrected chi connectivity index (χ3v) is 7.50. The van der Waals surface area contributed by atoms with Crippen molar-refractivity contribution in [2.45, 2.75) is 31.3 Å². The molecule has 10 heteroatoms. The molecule has 2 saturated heterocycles. The van der Waals surface area contributed by atoms with Crippen LogP contribution in [0.2, 0.25) is 0 Å². The topological polar surface area (TPSA) is 113 Å². The molecule has 4 aliphatic rings. The highest BCUT2D eigenvalue weighted by molar-refractivity contribution is 6.04. The number of nitrogens with zero attached hydrogens (tertiary/aromatic N) is 4. The molecule has 6 rings (SSSR count). The van der Waals surface area contributed by atoms with E-state index in [2.05, 4.69) is 23.1 Å². The van der Waals surface area contributed by atoms with Crippen LogP contribution in [-0.4, -0.2) is 84.6 Å². The first-order valence-corrected chi connectivity index (χ1v) is 13.2. The molecule has 2 fully saturated rings. The normalized spacial score (nSPS) is 21.0. The number of hydrogen-bond donors (Lipinski definition) is 1. The van der Waals surface area contributed by atoms with E-state index in [4.69, 9.17) is 14.2 Å². The van der Waals surface area contributed by atoms with Gasteiger partial charge in [0.05, 0.1) is 54.9 Å². The minimum Gasteiger partial charge on any atom is -0.504 e. The Morgan fingerprint density at radius 2 is 1.35 bits per heavy atom. The number of ether oxygens (including phenoxy) is 3. The minimum atomic E-state index is -0.182. The molecule has 0 radical (unpaired) electrons. The van der Waals surface area contributed by atoms with Crippen molar-refractivity contribution in [2.24, 2.45) is 9.98 Å². The van der Waals surface area contributed by atoms with Crippen molar-refractivity contribution >= 4 is 35.6 Å². The second kappa shape index (κ2) is 10.2. The van der Waals surface area contributed by atoms with Gasteiger partial charge in [0.1, 0.15) is 0 Å². The van der Waals surface area contributed by atoms with Crippen LogP contribution in [0.5, 0.6) is 23.0 Å². The summed E-state index contributed by atoms with van der Waals surface area (Å²) >= 11 is 0. The highest BCUT2D eigenvalue weighted by Gasteiger charge is 2.35. The Kier molecular flexibility index (Phi) is 6.53. The lowest BCUT2D eigenvalue weighted by Gasteiger charge is -2.20. The van der Waals surface area contributed by atoms with E-state index in [0.29, 0.717) is 73.0 Å². The van der Waals surface area contributed by atoms with Crippen LogP contribution in [0.15, 0.2) is 58.6 Å². The molecule has 2 aromatic rings. The standard InChI is InChI=1S/C30H30N4O6/c1-17-7-19-13-31-23-11-26(25(35)9-21(23)29(36)33(19)15-17)39-5-4-6-40-28-12-24-22(10-27(28)38-3)30(37)34-16-18(2)8-20(34)14-32-24/h9-14,19-20,35H,1-2,4-8,15-16H2,3H3. The summed E-state index contributed by atoms with van der Waals surface area (Å²) in [6.07, 6.45) is 5.43.